The average molecular weight is 229 g/mol. The van der Waals surface area contributed by atoms with Crippen LogP contribution in [-0.2, 0) is 0 Å². The van der Waals surface area contributed by atoms with E-state index >= 15 is 0 Å². The van der Waals surface area contributed by atoms with Gasteiger partial charge in [-0.3, -0.25) is 0 Å². The number of nitrogen functional groups attached to an aromatic ring is 1. The Morgan fingerprint density at radius 3 is 2.86 bits per heavy atom. The highest BCUT2D eigenvalue weighted by molar-refractivity contribution is 7.13. The summed E-state index contributed by atoms with van der Waals surface area (Å²) in [5.41, 5.74) is 6.36. The summed E-state index contributed by atoms with van der Waals surface area (Å²) in [5, 5.41) is 2.21. The number of nitrogens with zero attached hydrogens (tertiary/aromatic N) is 1. The third kappa shape index (κ3) is 1.58. The highest BCUT2D eigenvalue weighted by atomic mass is 35.5. The normalized spacial score (nSPS) is 10.4. The van der Waals surface area contributed by atoms with Crippen LogP contribution in [0.3, 0.4) is 0 Å². The molecule has 0 radical (unpaired) electrons. The van der Waals surface area contributed by atoms with Crippen molar-refractivity contribution >= 4 is 28.1 Å². The monoisotopic (exact) mass is 228 g/mol. The molecule has 0 saturated heterocycles. The number of hydrogen-bond acceptors (Lipinski definition) is 3. The van der Waals surface area contributed by atoms with Crippen molar-refractivity contribution in [2.75, 3.05) is 5.73 Å². The average Bonchev–Trinajstić information content (AvgIpc) is 2.57. The van der Waals surface area contributed by atoms with E-state index in [0.717, 1.165) is 0 Å². The molecule has 0 aliphatic rings. The van der Waals surface area contributed by atoms with Crippen molar-refractivity contribution in [3.63, 3.8) is 0 Å². The molecule has 0 aliphatic heterocycles. The van der Waals surface area contributed by atoms with Gasteiger partial charge in [-0.2, -0.15) is 0 Å². The summed E-state index contributed by atoms with van der Waals surface area (Å²) in [6, 6.07) is 4.79. The van der Waals surface area contributed by atoms with Gasteiger partial charge in [0, 0.05) is 10.9 Å². The fourth-order valence-corrected chi connectivity index (χ4v) is 1.85. The van der Waals surface area contributed by atoms with Crippen molar-refractivity contribution in [2.24, 2.45) is 0 Å². The minimum atomic E-state index is -0.459. The first-order chi connectivity index (χ1) is 6.68. The lowest BCUT2D eigenvalue weighted by atomic mass is 10.1. The molecule has 0 spiro atoms. The molecule has 0 unspecified atom stereocenters. The molecule has 14 heavy (non-hydrogen) atoms. The molecule has 0 aliphatic carbocycles. The van der Waals surface area contributed by atoms with Crippen molar-refractivity contribution in [3.05, 3.63) is 34.4 Å². The topological polar surface area (TPSA) is 38.9 Å². The lowest BCUT2D eigenvalue weighted by Crippen LogP contribution is -1.87. The summed E-state index contributed by atoms with van der Waals surface area (Å²) >= 11 is 6.91. The molecule has 1 aromatic heterocycles. The number of nitrogens with two attached hydrogens (primary N) is 1. The van der Waals surface area contributed by atoms with Crippen LogP contribution in [0.25, 0.3) is 11.3 Å². The summed E-state index contributed by atoms with van der Waals surface area (Å²) in [5.74, 6) is -0.459. The quantitative estimate of drug-likeness (QED) is 0.814. The Balaban J connectivity index is 2.57. The van der Waals surface area contributed by atoms with Gasteiger partial charge in [0.25, 0.3) is 0 Å². The molecule has 0 fully saturated rings. The maximum absolute atomic E-state index is 13.5. The number of hydrogen-bond donors (Lipinski definition) is 1. The zero-order valence-corrected chi connectivity index (χ0v) is 8.57. The van der Waals surface area contributed by atoms with Gasteiger partial charge < -0.3 is 5.73 Å². The van der Waals surface area contributed by atoms with E-state index in [4.69, 9.17) is 17.3 Å². The molecule has 72 valence electrons. The second-order valence-electron chi connectivity index (χ2n) is 2.67. The fraction of sp³-hybridized carbons (Fsp3) is 0. The van der Waals surface area contributed by atoms with Gasteiger partial charge in [0.15, 0.2) is 10.9 Å². The van der Waals surface area contributed by atoms with Gasteiger partial charge >= 0.3 is 0 Å². The highest BCUT2D eigenvalue weighted by Gasteiger charge is 2.10. The largest absolute Gasteiger partial charge is 0.375 e. The van der Waals surface area contributed by atoms with E-state index in [1.54, 1.807) is 17.5 Å². The lowest BCUT2D eigenvalue weighted by Gasteiger charge is -1.99. The minimum Gasteiger partial charge on any atom is -0.375 e. The van der Waals surface area contributed by atoms with E-state index in [1.807, 2.05) is 0 Å². The Hall–Kier alpha value is -1.13. The Labute approximate surface area is 89.2 Å². The maximum Gasteiger partial charge on any atom is 0.180 e. The van der Waals surface area contributed by atoms with E-state index in [9.17, 15) is 4.39 Å². The van der Waals surface area contributed by atoms with Crippen LogP contribution in [0.15, 0.2) is 23.6 Å². The molecule has 2 aromatic rings. The molecule has 5 heteroatoms. The van der Waals surface area contributed by atoms with Crippen LogP contribution in [0.1, 0.15) is 0 Å². The van der Waals surface area contributed by atoms with E-state index in [0.29, 0.717) is 16.4 Å². The Morgan fingerprint density at radius 1 is 1.43 bits per heavy atom. The van der Waals surface area contributed by atoms with Gasteiger partial charge in [-0.25, -0.2) is 9.37 Å². The molecule has 2 N–H and O–H groups in total. The molecular weight excluding hydrogens is 223 g/mol. The van der Waals surface area contributed by atoms with Crippen molar-refractivity contribution in [2.45, 2.75) is 0 Å². The molecule has 1 heterocycles. The molecule has 2 nitrogen and oxygen atoms in total. The molecular formula is C9H6ClFN2S. The molecule has 0 saturated carbocycles. The van der Waals surface area contributed by atoms with E-state index in [1.165, 1.54) is 17.4 Å². The molecule has 2 rings (SSSR count). The van der Waals surface area contributed by atoms with E-state index in [-0.39, 0.29) is 5.02 Å². The fourth-order valence-electron chi connectivity index (χ4n) is 1.11. The maximum atomic E-state index is 13.5. The van der Waals surface area contributed by atoms with Crippen LogP contribution < -0.4 is 5.73 Å². The zero-order chi connectivity index (χ0) is 10.1. The van der Waals surface area contributed by atoms with Crippen molar-refractivity contribution in [1.82, 2.24) is 4.98 Å². The number of anilines is 1. The number of halogens is 2. The summed E-state index contributed by atoms with van der Waals surface area (Å²) in [7, 11) is 0. The third-order valence-corrected chi connectivity index (χ3v) is 2.72. The van der Waals surface area contributed by atoms with Crippen molar-refractivity contribution in [1.29, 1.82) is 0 Å². The van der Waals surface area contributed by atoms with Gasteiger partial charge in [-0.1, -0.05) is 17.7 Å². The van der Waals surface area contributed by atoms with E-state index < -0.39 is 5.82 Å². The minimum absolute atomic E-state index is 0.0917. The standard InChI is InChI=1S/C9H6ClFN2S/c10-6-3-1-2-5(8(6)11)7-4-14-9(12)13-7/h1-4H,(H2,12,13). The predicted octanol–water partition coefficient (Wildman–Crippen LogP) is 3.18. The number of rotatable bonds is 1. The van der Waals surface area contributed by atoms with Crippen LogP contribution in [0, 0.1) is 5.82 Å². The van der Waals surface area contributed by atoms with Gasteiger partial charge in [0.05, 0.1) is 10.7 Å². The number of aromatic nitrogens is 1. The molecule has 0 bridgehead atoms. The third-order valence-electron chi connectivity index (χ3n) is 1.75. The van der Waals surface area contributed by atoms with Crippen molar-refractivity contribution < 1.29 is 4.39 Å². The van der Waals surface area contributed by atoms with Crippen LogP contribution >= 0.6 is 22.9 Å². The van der Waals surface area contributed by atoms with Crippen LogP contribution in [-0.4, -0.2) is 4.98 Å². The smallest absolute Gasteiger partial charge is 0.180 e. The first-order valence-electron chi connectivity index (χ1n) is 3.84. The zero-order valence-electron chi connectivity index (χ0n) is 7.00. The SMILES string of the molecule is Nc1nc(-c2cccc(Cl)c2F)cs1. The summed E-state index contributed by atoms with van der Waals surface area (Å²) in [4.78, 5) is 3.98. The van der Waals surface area contributed by atoms with Gasteiger partial charge in [0.1, 0.15) is 0 Å². The number of benzene rings is 1. The lowest BCUT2D eigenvalue weighted by molar-refractivity contribution is 0.631. The van der Waals surface area contributed by atoms with Crippen molar-refractivity contribution in [3.8, 4) is 11.3 Å². The summed E-state index contributed by atoms with van der Waals surface area (Å²) in [6.45, 7) is 0. The van der Waals surface area contributed by atoms with Gasteiger partial charge in [-0.15, -0.1) is 11.3 Å². The molecule has 0 atom stereocenters. The number of thiazole rings is 1. The van der Waals surface area contributed by atoms with Gasteiger partial charge in [0.2, 0.25) is 0 Å². The van der Waals surface area contributed by atoms with Crippen LogP contribution in [0.4, 0.5) is 9.52 Å². The second-order valence-corrected chi connectivity index (χ2v) is 3.97. The first kappa shape index (κ1) is 9.43. The first-order valence-corrected chi connectivity index (χ1v) is 5.09. The molecule has 0 amide bonds. The summed E-state index contributed by atoms with van der Waals surface area (Å²) in [6.07, 6.45) is 0. The van der Waals surface area contributed by atoms with Crippen LogP contribution in [0.5, 0.6) is 0 Å². The highest BCUT2D eigenvalue weighted by Crippen LogP contribution is 2.28. The second kappa shape index (κ2) is 3.55. The summed E-state index contributed by atoms with van der Waals surface area (Å²) < 4.78 is 13.5. The Kier molecular flexibility index (Phi) is 2.39. The predicted molar refractivity (Wildman–Crippen MR) is 56.9 cm³/mol. The van der Waals surface area contributed by atoms with Crippen LogP contribution in [0.2, 0.25) is 5.02 Å². The molecule has 1 aromatic carbocycles. The van der Waals surface area contributed by atoms with Gasteiger partial charge in [-0.05, 0) is 12.1 Å². The Bertz CT molecular complexity index is 470. The van der Waals surface area contributed by atoms with E-state index in [2.05, 4.69) is 4.98 Å². The Morgan fingerprint density at radius 2 is 2.21 bits per heavy atom.